The van der Waals surface area contributed by atoms with Crippen LogP contribution in [0.5, 0.6) is 0 Å². The summed E-state index contributed by atoms with van der Waals surface area (Å²) in [5.74, 6) is 0.770. The van der Waals surface area contributed by atoms with Crippen LogP contribution in [0.1, 0.15) is 21.7 Å². The number of fused-ring (bicyclic) bond motifs is 1. The molecule has 0 unspecified atom stereocenters. The summed E-state index contributed by atoms with van der Waals surface area (Å²) in [6.07, 6.45) is 1.64. The molecule has 0 bridgehead atoms. The number of hydrogen-bond donors (Lipinski definition) is 0. The largest absolute Gasteiger partial charge is 0.467 e. The SMILES string of the molecule is O=C(c1ccc2ccccc2c1)N(Cc1ccccc1)Cc1ccco1. The molecule has 0 saturated carbocycles. The van der Waals surface area contributed by atoms with Crippen LogP contribution in [0.25, 0.3) is 10.8 Å². The maximum absolute atomic E-state index is 13.2. The highest BCUT2D eigenvalue weighted by Crippen LogP contribution is 2.19. The van der Waals surface area contributed by atoms with Crippen LogP contribution in [0.4, 0.5) is 0 Å². The second kappa shape index (κ2) is 7.28. The first kappa shape index (κ1) is 16.2. The van der Waals surface area contributed by atoms with Crippen molar-refractivity contribution >= 4 is 16.7 Å². The average Bonchev–Trinajstić information content (AvgIpc) is 3.20. The smallest absolute Gasteiger partial charge is 0.254 e. The molecule has 3 aromatic carbocycles. The summed E-state index contributed by atoms with van der Waals surface area (Å²) >= 11 is 0. The van der Waals surface area contributed by atoms with Crippen LogP contribution in [0.2, 0.25) is 0 Å². The number of rotatable bonds is 5. The Kier molecular flexibility index (Phi) is 4.52. The number of carbonyl (C=O) groups is 1. The number of furan rings is 1. The molecule has 4 rings (SSSR count). The molecule has 26 heavy (non-hydrogen) atoms. The summed E-state index contributed by atoms with van der Waals surface area (Å²) in [7, 11) is 0. The van der Waals surface area contributed by atoms with Gasteiger partial charge in [0.05, 0.1) is 12.8 Å². The van der Waals surface area contributed by atoms with Crippen molar-refractivity contribution in [1.29, 1.82) is 0 Å². The van der Waals surface area contributed by atoms with Crippen LogP contribution in [0.15, 0.2) is 95.6 Å². The van der Waals surface area contributed by atoms with Crippen molar-refractivity contribution < 1.29 is 9.21 Å². The van der Waals surface area contributed by atoms with E-state index in [1.165, 1.54) is 0 Å². The lowest BCUT2D eigenvalue weighted by Crippen LogP contribution is -2.30. The monoisotopic (exact) mass is 341 g/mol. The third-order valence-corrected chi connectivity index (χ3v) is 4.43. The molecule has 1 aromatic heterocycles. The number of amides is 1. The molecule has 4 aromatic rings. The van der Waals surface area contributed by atoms with E-state index in [0.717, 1.165) is 22.1 Å². The van der Waals surface area contributed by atoms with Crippen LogP contribution in [-0.4, -0.2) is 10.8 Å². The Hall–Kier alpha value is -3.33. The van der Waals surface area contributed by atoms with Crippen LogP contribution in [0.3, 0.4) is 0 Å². The summed E-state index contributed by atoms with van der Waals surface area (Å²) in [4.78, 5) is 15.0. The van der Waals surface area contributed by atoms with Gasteiger partial charge >= 0.3 is 0 Å². The number of nitrogens with zero attached hydrogens (tertiary/aromatic N) is 1. The van der Waals surface area contributed by atoms with Crippen molar-refractivity contribution in [3.8, 4) is 0 Å². The van der Waals surface area contributed by atoms with Gasteiger partial charge in [0.1, 0.15) is 5.76 Å². The Morgan fingerprint density at radius 3 is 2.31 bits per heavy atom. The molecule has 3 heteroatoms. The highest BCUT2D eigenvalue weighted by Gasteiger charge is 2.18. The van der Waals surface area contributed by atoms with Crippen molar-refractivity contribution in [3.05, 3.63) is 108 Å². The van der Waals surface area contributed by atoms with E-state index in [0.29, 0.717) is 18.7 Å². The van der Waals surface area contributed by atoms with Gasteiger partial charge in [0.15, 0.2) is 0 Å². The minimum absolute atomic E-state index is 0.00370. The lowest BCUT2D eigenvalue weighted by atomic mass is 10.1. The Balaban J connectivity index is 1.65. The zero-order valence-electron chi connectivity index (χ0n) is 14.3. The van der Waals surface area contributed by atoms with E-state index in [9.17, 15) is 4.79 Å². The van der Waals surface area contributed by atoms with Crippen LogP contribution in [-0.2, 0) is 13.1 Å². The second-order valence-corrected chi connectivity index (χ2v) is 6.29. The van der Waals surface area contributed by atoms with Crippen molar-refractivity contribution in [3.63, 3.8) is 0 Å². The molecule has 3 nitrogen and oxygen atoms in total. The number of hydrogen-bond acceptors (Lipinski definition) is 2. The molecule has 0 spiro atoms. The van der Waals surface area contributed by atoms with Gasteiger partial charge in [0.2, 0.25) is 0 Å². The molecule has 0 fully saturated rings. The maximum atomic E-state index is 13.2. The van der Waals surface area contributed by atoms with Crippen molar-refractivity contribution in [1.82, 2.24) is 4.90 Å². The van der Waals surface area contributed by atoms with Gasteiger partial charge in [-0.15, -0.1) is 0 Å². The Morgan fingerprint density at radius 2 is 1.54 bits per heavy atom. The summed E-state index contributed by atoms with van der Waals surface area (Å²) in [6, 6.07) is 27.7. The highest BCUT2D eigenvalue weighted by atomic mass is 16.3. The van der Waals surface area contributed by atoms with E-state index in [1.807, 2.05) is 89.8 Å². The van der Waals surface area contributed by atoms with Crippen molar-refractivity contribution in [2.45, 2.75) is 13.1 Å². The molecule has 128 valence electrons. The second-order valence-electron chi connectivity index (χ2n) is 6.29. The van der Waals surface area contributed by atoms with Crippen LogP contribution >= 0.6 is 0 Å². The molecule has 0 aliphatic carbocycles. The van der Waals surface area contributed by atoms with Gasteiger partial charge in [-0.2, -0.15) is 0 Å². The fourth-order valence-corrected chi connectivity index (χ4v) is 3.10. The fraction of sp³-hybridized carbons (Fsp3) is 0.0870. The lowest BCUT2D eigenvalue weighted by Gasteiger charge is -2.22. The van der Waals surface area contributed by atoms with E-state index in [1.54, 1.807) is 6.26 Å². The molecule has 0 aliphatic heterocycles. The highest BCUT2D eigenvalue weighted by molar-refractivity contribution is 5.98. The summed E-state index contributed by atoms with van der Waals surface area (Å²) in [5, 5.41) is 2.20. The number of carbonyl (C=O) groups excluding carboxylic acids is 1. The molecular weight excluding hydrogens is 322 g/mol. The standard InChI is InChI=1S/C23H19NO2/c25-23(21-13-12-19-9-4-5-10-20(19)15-21)24(17-22-11-6-14-26-22)16-18-7-2-1-3-8-18/h1-15H,16-17H2. The van der Waals surface area contributed by atoms with Gasteiger partial charge in [-0.3, -0.25) is 4.79 Å². The molecule has 0 saturated heterocycles. The first-order valence-corrected chi connectivity index (χ1v) is 8.64. The first-order valence-electron chi connectivity index (χ1n) is 8.64. The topological polar surface area (TPSA) is 33.5 Å². The van der Waals surface area contributed by atoms with Gasteiger partial charge in [-0.05, 0) is 40.6 Å². The zero-order chi connectivity index (χ0) is 17.8. The summed E-state index contributed by atoms with van der Waals surface area (Å²) in [6.45, 7) is 0.973. The first-order chi connectivity index (χ1) is 12.8. The van der Waals surface area contributed by atoms with Gasteiger partial charge in [0, 0.05) is 12.1 Å². The predicted octanol–water partition coefficient (Wildman–Crippen LogP) is 5.28. The molecule has 0 aliphatic rings. The molecule has 0 radical (unpaired) electrons. The molecule has 1 amide bonds. The lowest BCUT2D eigenvalue weighted by molar-refractivity contribution is 0.0718. The molecule has 0 N–H and O–H groups in total. The Morgan fingerprint density at radius 1 is 0.769 bits per heavy atom. The molecule has 1 heterocycles. The van der Waals surface area contributed by atoms with E-state index < -0.39 is 0 Å². The van der Waals surface area contributed by atoms with Gasteiger partial charge in [-0.25, -0.2) is 0 Å². The Bertz CT molecular complexity index is 1010. The fourth-order valence-electron chi connectivity index (χ4n) is 3.10. The van der Waals surface area contributed by atoms with E-state index in [4.69, 9.17) is 4.42 Å². The van der Waals surface area contributed by atoms with Crippen LogP contribution in [0, 0.1) is 0 Å². The molecular formula is C23H19NO2. The van der Waals surface area contributed by atoms with E-state index >= 15 is 0 Å². The summed E-state index contributed by atoms with van der Waals surface area (Å²) in [5.41, 5.74) is 1.78. The summed E-state index contributed by atoms with van der Waals surface area (Å²) < 4.78 is 5.46. The third-order valence-electron chi connectivity index (χ3n) is 4.43. The Labute approximate surface area is 152 Å². The molecule has 0 atom stereocenters. The van der Waals surface area contributed by atoms with E-state index in [2.05, 4.69) is 0 Å². The normalized spacial score (nSPS) is 10.8. The third kappa shape index (κ3) is 3.52. The van der Waals surface area contributed by atoms with Gasteiger partial charge < -0.3 is 9.32 Å². The van der Waals surface area contributed by atoms with E-state index in [-0.39, 0.29) is 5.91 Å². The van der Waals surface area contributed by atoms with Gasteiger partial charge in [0.25, 0.3) is 5.91 Å². The predicted molar refractivity (Wildman–Crippen MR) is 103 cm³/mol. The zero-order valence-corrected chi connectivity index (χ0v) is 14.3. The van der Waals surface area contributed by atoms with Gasteiger partial charge in [-0.1, -0.05) is 60.7 Å². The average molecular weight is 341 g/mol. The van der Waals surface area contributed by atoms with Crippen molar-refractivity contribution in [2.75, 3.05) is 0 Å². The minimum Gasteiger partial charge on any atom is -0.467 e. The van der Waals surface area contributed by atoms with Crippen molar-refractivity contribution in [2.24, 2.45) is 0 Å². The van der Waals surface area contributed by atoms with Crippen LogP contribution < -0.4 is 0 Å². The number of benzene rings is 3. The quantitative estimate of drug-likeness (QED) is 0.495. The maximum Gasteiger partial charge on any atom is 0.254 e. The minimum atomic E-state index is -0.00370.